The van der Waals surface area contributed by atoms with E-state index in [0.29, 0.717) is 19.3 Å². The monoisotopic (exact) mass is 933 g/mol. The van der Waals surface area contributed by atoms with Crippen molar-refractivity contribution < 1.29 is 28.6 Å². The van der Waals surface area contributed by atoms with Crippen molar-refractivity contribution in [1.82, 2.24) is 0 Å². The Hall–Kier alpha value is -1.59. The molecular formula is C60H116O6. The molecule has 0 aromatic heterocycles. The summed E-state index contributed by atoms with van der Waals surface area (Å²) in [4.78, 5) is 38.2. The number of hydrogen-bond acceptors (Lipinski definition) is 6. The van der Waals surface area contributed by atoms with E-state index < -0.39 is 6.10 Å². The minimum atomic E-state index is -0.762. The van der Waals surface area contributed by atoms with E-state index in [4.69, 9.17) is 14.2 Å². The molecule has 0 unspecified atom stereocenters. The molecule has 0 aliphatic carbocycles. The van der Waals surface area contributed by atoms with E-state index in [-0.39, 0.29) is 31.1 Å². The largest absolute Gasteiger partial charge is 0.462 e. The first-order valence-electron chi connectivity index (χ1n) is 29.9. The molecule has 0 saturated heterocycles. The average Bonchev–Trinajstić information content (AvgIpc) is 3.30. The zero-order valence-electron chi connectivity index (χ0n) is 45.2. The Morgan fingerprint density at radius 2 is 0.500 bits per heavy atom. The van der Waals surface area contributed by atoms with Gasteiger partial charge in [-0.2, -0.15) is 0 Å². The lowest BCUT2D eigenvalue weighted by molar-refractivity contribution is -0.167. The highest BCUT2D eigenvalue weighted by Gasteiger charge is 2.19. The molecule has 0 spiro atoms. The van der Waals surface area contributed by atoms with E-state index in [0.717, 1.165) is 63.7 Å². The van der Waals surface area contributed by atoms with Crippen LogP contribution in [0.15, 0.2) is 0 Å². The summed E-state index contributed by atoms with van der Waals surface area (Å²) in [5.74, 6) is -0.00635. The van der Waals surface area contributed by atoms with Crippen LogP contribution in [0.2, 0.25) is 0 Å². The smallest absolute Gasteiger partial charge is 0.306 e. The van der Waals surface area contributed by atoms with Crippen molar-refractivity contribution in [2.45, 2.75) is 348 Å². The van der Waals surface area contributed by atoms with Gasteiger partial charge in [-0.1, -0.05) is 304 Å². The molecule has 0 aliphatic rings. The number of esters is 3. The van der Waals surface area contributed by atoms with Crippen LogP contribution >= 0.6 is 0 Å². The Labute approximate surface area is 412 Å². The first kappa shape index (κ1) is 64.4. The molecule has 0 heterocycles. The summed E-state index contributed by atoms with van der Waals surface area (Å²) in [7, 11) is 0. The Kier molecular flexibility index (Phi) is 53.0. The highest BCUT2D eigenvalue weighted by atomic mass is 16.6. The van der Waals surface area contributed by atoms with Crippen molar-refractivity contribution in [3.63, 3.8) is 0 Å². The molecule has 0 bridgehead atoms. The van der Waals surface area contributed by atoms with Crippen LogP contribution in [0, 0.1) is 5.92 Å². The Bertz CT molecular complexity index is 996. The maximum atomic E-state index is 12.9. The zero-order valence-corrected chi connectivity index (χ0v) is 45.2. The fourth-order valence-electron chi connectivity index (χ4n) is 9.28. The van der Waals surface area contributed by atoms with Crippen molar-refractivity contribution in [3.05, 3.63) is 0 Å². The molecule has 0 rings (SSSR count). The third-order valence-corrected chi connectivity index (χ3v) is 13.8. The number of ether oxygens (including phenoxy) is 3. The van der Waals surface area contributed by atoms with Gasteiger partial charge in [-0.05, 0) is 25.2 Å². The second-order valence-electron chi connectivity index (χ2n) is 21.1. The SMILES string of the molecule is CCCCCCCCCCCCCCCCCCCC(=O)OC[C@H](COC(=O)CCCCCCCCCCCCCC(C)C)OC(=O)CCCCCCCCCCCCCCCCCCC. The molecule has 0 radical (unpaired) electrons. The van der Waals surface area contributed by atoms with E-state index in [1.807, 2.05) is 0 Å². The lowest BCUT2D eigenvalue weighted by Gasteiger charge is -2.18. The van der Waals surface area contributed by atoms with Crippen molar-refractivity contribution in [1.29, 1.82) is 0 Å². The number of hydrogen-bond donors (Lipinski definition) is 0. The van der Waals surface area contributed by atoms with Gasteiger partial charge in [0.05, 0.1) is 0 Å². The zero-order chi connectivity index (χ0) is 48.1. The minimum Gasteiger partial charge on any atom is -0.462 e. The van der Waals surface area contributed by atoms with E-state index >= 15 is 0 Å². The van der Waals surface area contributed by atoms with Crippen molar-refractivity contribution in [2.75, 3.05) is 13.2 Å². The Morgan fingerprint density at radius 3 is 0.742 bits per heavy atom. The summed E-state index contributed by atoms with van der Waals surface area (Å²) in [6.45, 7) is 9.06. The first-order valence-corrected chi connectivity index (χ1v) is 29.9. The topological polar surface area (TPSA) is 78.9 Å². The van der Waals surface area contributed by atoms with Crippen LogP contribution in [-0.2, 0) is 28.6 Å². The molecule has 0 N–H and O–H groups in total. The second kappa shape index (κ2) is 54.4. The van der Waals surface area contributed by atoms with Crippen LogP contribution in [0.25, 0.3) is 0 Å². The lowest BCUT2D eigenvalue weighted by Crippen LogP contribution is -2.30. The second-order valence-corrected chi connectivity index (χ2v) is 21.1. The van der Waals surface area contributed by atoms with Gasteiger partial charge in [0.2, 0.25) is 0 Å². The molecule has 392 valence electrons. The third kappa shape index (κ3) is 53.4. The summed E-state index contributed by atoms with van der Waals surface area (Å²) in [6.07, 6.45) is 59.5. The van der Waals surface area contributed by atoms with Crippen molar-refractivity contribution in [3.8, 4) is 0 Å². The summed E-state index contributed by atoms with van der Waals surface area (Å²) in [5, 5.41) is 0. The van der Waals surface area contributed by atoms with Gasteiger partial charge >= 0.3 is 17.9 Å². The van der Waals surface area contributed by atoms with Gasteiger partial charge < -0.3 is 14.2 Å². The van der Waals surface area contributed by atoms with Crippen LogP contribution in [0.4, 0.5) is 0 Å². The molecule has 6 heteroatoms. The van der Waals surface area contributed by atoms with Crippen molar-refractivity contribution in [2.24, 2.45) is 5.92 Å². The van der Waals surface area contributed by atoms with Gasteiger partial charge in [0.15, 0.2) is 6.10 Å². The predicted octanol–water partition coefficient (Wildman–Crippen LogP) is 19.8. The van der Waals surface area contributed by atoms with Crippen LogP contribution in [-0.4, -0.2) is 37.2 Å². The number of unbranched alkanes of at least 4 members (excludes halogenated alkanes) is 42. The summed E-state index contributed by atoms with van der Waals surface area (Å²) < 4.78 is 16.9. The molecular weight excluding hydrogens is 817 g/mol. The van der Waals surface area contributed by atoms with Gasteiger partial charge in [-0.15, -0.1) is 0 Å². The van der Waals surface area contributed by atoms with Gasteiger partial charge in [0.1, 0.15) is 13.2 Å². The van der Waals surface area contributed by atoms with Gasteiger partial charge in [-0.3, -0.25) is 14.4 Å². The first-order chi connectivity index (χ1) is 32.4. The Balaban J connectivity index is 4.29. The van der Waals surface area contributed by atoms with Crippen molar-refractivity contribution >= 4 is 17.9 Å². The fraction of sp³-hybridized carbons (Fsp3) is 0.950. The normalized spacial score (nSPS) is 12.0. The van der Waals surface area contributed by atoms with Crippen LogP contribution in [0.5, 0.6) is 0 Å². The molecule has 1 atom stereocenters. The highest BCUT2D eigenvalue weighted by Crippen LogP contribution is 2.18. The number of carbonyl (C=O) groups excluding carboxylic acids is 3. The van der Waals surface area contributed by atoms with Crippen LogP contribution in [0.1, 0.15) is 342 Å². The number of rotatable bonds is 55. The lowest BCUT2D eigenvalue weighted by atomic mass is 10.0. The fourth-order valence-corrected chi connectivity index (χ4v) is 9.28. The molecule has 0 amide bonds. The highest BCUT2D eigenvalue weighted by molar-refractivity contribution is 5.71. The molecule has 0 saturated carbocycles. The average molecular weight is 934 g/mol. The Morgan fingerprint density at radius 1 is 0.288 bits per heavy atom. The van der Waals surface area contributed by atoms with Gasteiger partial charge in [0, 0.05) is 19.3 Å². The van der Waals surface area contributed by atoms with E-state index in [2.05, 4.69) is 27.7 Å². The van der Waals surface area contributed by atoms with E-state index in [9.17, 15) is 14.4 Å². The third-order valence-electron chi connectivity index (χ3n) is 13.8. The summed E-state index contributed by atoms with van der Waals surface area (Å²) in [5.41, 5.74) is 0. The minimum absolute atomic E-state index is 0.0617. The molecule has 0 aromatic rings. The maximum Gasteiger partial charge on any atom is 0.306 e. The predicted molar refractivity (Wildman–Crippen MR) is 284 cm³/mol. The number of carbonyl (C=O) groups is 3. The van der Waals surface area contributed by atoms with E-state index in [1.54, 1.807) is 0 Å². The standard InChI is InChI=1S/C60H116O6/c1-5-7-9-11-13-15-17-19-21-23-25-27-31-35-39-43-47-51-58(61)64-54-57(55-65-59(62)52-48-44-40-36-33-29-30-34-38-42-46-50-56(3)4)66-60(63)53-49-45-41-37-32-28-26-24-22-20-18-16-14-12-10-8-6-2/h56-57H,5-55H2,1-4H3/t57-/m1/s1. The molecule has 0 fully saturated rings. The quantitative estimate of drug-likeness (QED) is 0.0343. The van der Waals surface area contributed by atoms with Crippen LogP contribution in [0.3, 0.4) is 0 Å². The molecule has 6 nitrogen and oxygen atoms in total. The van der Waals surface area contributed by atoms with Gasteiger partial charge in [0.25, 0.3) is 0 Å². The maximum absolute atomic E-state index is 12.9. The summed E-state index contributed by atoms with van der Waals surface area (Å²) >= 11 is 0. The van der Waals surface area contributed by atoms with E-state index in [1.165, 1.54) is 238 Å². The summed E-state index contributed by atoms with van der Waals surface area (Å²) in [6, 6.07) is 0. The molecule has 0 aromatic carbocycles. The van der Waals surface area contributed by atoms with Crippen LogP contribution < -0.4 is 0 Å². The molecule has 0 aliphatic heterocycles. The molecule has 66 heavy (non-hydrogen) atoms. The van der Waals surface area contributed by atoms with Gasteiger partial charge in [-0.25, -0.2) is 0 Å².